The number of benzene rings is 1. The second kappa shape index (κ2) is 16.7. The number of aromatic hydroxyl groups is 1. The lowest BCUT2D eigenvalue weighted by atomic mass is 9.79. The Kier molecular flexibility index (Phi) is 12.4. The number of hydrogen-bond donors (Lipinski definition) is 5. The molecule has 1 saturated heterocycles. The van der Waals surface area contributed by atoms with Gasteiger partial charge < -0.3 is 49.4 Å². The lowest BCUT2D eigenvalue weighted by Crippen LogP contribution is -2.46. The Morgan fingerprint density at radius 2 is 1.64 bits per heavy atom. The molecule has 0 spiro atoms. The van der Waals surface area contributed by atoms with Crippen LogP contribution in [0.2, 0.25) is 0 Å². The number of nitrogens with zero attached hydrogens (tertiary/aromatic N) is 1. The summed E-state index contributed by atoms with van der Waals surface area (Å²) >= 11 is 0. The molecule has 13 atom stereocenters. The number of esters is 1. The smallest absolute Gasteiger partial charge is 0.312 e. The molecule has 1 amide bonds. The van der Waals surface area contributed by atoms with Gasteiger partial charge in [0.05, 0.1) is 59.3 Å². The number of amides is 1. The number of ketones is 3. The fraction of sp³-hybridized carbons (Fsp3) is 0.581. The third-order valence-corrected chi connectivity index (χ3v) is 12.4. The second-order valence-corrected chi connectivity index (χ2v) is 16.6. The van der Waals surface area contributed by atoms with Crippen LogP contribution >= 0.6 is 0 Å². The molecule has 1 aromatic carbocycles. The third kappa shape index (κ3) is 8.25. The van der Waals surface area contributed by atoms with Gasteiger partial charge >= 0.3 is 11.8 Å². The highest BCUT2D eigenvalue weighted by atomic mass is 16.7. The average molecular weight is 823 g/mol. The van der Waals surface area contributed by atoms with Gasteiger partial charge in [0.25, 0.3) is 11.7 Å². The minimum Gasteiger partial charge on any atom is -0.507 e. The van der Waals surface area contributed by atoms with E-state index in [1.165, 1.54) is 53.2 Å². The first-order chi connectivity index (χ1) is 27.7. The van der Waals surface area contributed by atoms with E-state index in [0.29, 0.717) is 12.8 Å². The molecule has 6 aliphatic rings. The van der Waals surface area contributed by atoms with E-state index in [0.717, 1.165) is 6.08 Å². The number of hydrogen-bond acceptors (Lipinski definition) is 15. The summed E-state index contributed by atoms with van der Waals surface area (Å²) in [6.07, 6.45) is 0.385. The average Bonchev–Trinajstić information content (AvgIpc) is 3.94. The monoisotopic (exact) mass is 822 g/mol. The van der Waals surface area contributed by atoms with Gasteiger partial charge in [0.1, 0.15) is 17.6 Å². The zero-order chi connectivity index (χ0) is 43.4. The van der Waals surface area contributed by atoms with Crippen LogP contribution in [0.25, 0.3) is 0 Å². The zero-order valence-corrected chi connectivity index (χ0v) is 34.7. The number of aliphatic imine (C=N–C) groups is 1. The van der Waals surface area contributed by atoms with Crippen LogP contribution in [-0.2, 0) is 33.3 Å². The van der Waals surface area contributed by atoms with Gasteiger partial charge in [0, 0.05) is 67.7 Å². The number of methoxy groups -OCH3 is 1. The SMILES string of the molecule is CO[C@@H]1C=CO[C@@]2(C)Oc3c(C)c(O)c4c(c3C2=O)C(=N[C@@H]2CC[C@H](O)O[C@@H]2C)C=C(NC(=O)C(C)=CC(=O)[C@@H]2C[C@@H]2[C@H](O)[C@H](C)[C@H](O)[C@H](C)[C@H](OC(C)=O)[C@H]1C)C4=O. The van der Waals surface area contributed by atoms with Crippen molar-refractivity contribution in [2.45, 2.75) is 123 Å². The van der Waals surface area contributed by atoms with Crippen molar-refractivity contribution in [3.8, 4) is 11.5 Å². The maximum Gasteiger partial charge on any atom is 0.312 e. The first-order valence-electron chi connectivity index (χ1n) is 20.0. The molecular weight excluding hydrogens is 768 g/mol. The van der Waals surface area contributed by atoms with Gasteiger partial charge in [0.2, 0.25) is 5.78 Å². The Morgan fingerprint density at radius 3 is 2.29 bits per heavy atom. The topological polar surface area (TPSA) is 237 Å². The Labute approximate surface area is 342 Å². The van der Waals surface area contributed by atoms with Crippen LogP contribution in [0.1, 0.15) is 99.6 Å². The molecule has 7 rings (SSSR count). The molecule has 0 radical (unpaired) electrons. The van der Waals surface area contributed by atoms with E-state index < -0.39 is 113 Å². The van der Waals surface area contributed by atoms with Crippen LogP contribution in [0.4, 0.5) is 0 Å². The summed E-state index contributed by atoms with van der Waals surface area (Å²) in [5, 5.41) is 47.2. The Morgan fingerprint density at radius 1 is 0.949 bits per heavy atom. The zero-order valence-electron chi connectivity index (χ0n) is 34.7. The number of aliphatic hydroxyl groups is 3. The van der Waals surface area contributed by atoms with Crippen LogP contribution in [0.3, 0.4) is 0 Å². The summed E-state index contributed by atoms with van der Waals surface area (Å²) in [6.45, 7) is 12.2. The third-order valence-electron chi connectivity index (χ3n) is 12.4. The summed E-state index contributed by atoms with van der Waals surface area (Å²) in [6, 6.07) is -0.576. The summed E-state index contributed by atoms with van der Waals surface area (Å²) in [5.74, 6) is -9.25. The summed E-state index contributed by atoms with van der Waals surface area (Å²) in [5.41, 5.74) is -0.683. The number of phenols is 1. The van der Waals surface area contributed by atoms with Crippen molar-refractivity contribution in [1.29, 1.82) is 0 Å². The van der Waals surface area contributed by atoms with Gasteiger partial charge in [-0.3, -0.25) is 29.0 Å². The first-order valence-corrected chi connectivity index (χ1v) is 20.0. The molecule has 16 heteroatoms. The Hall–Kier alpha value is -4.74. The minimum atomic E-state index is -2.03. The lowest BCUT2D eigenvalue weighted by molar-refractivity contribution is -0.162. The molecule has 16 nitrogen and oxygen atoms in total. The van der Waals surface area contributed by atoms with Gasteiger partial charge in [-0.1, -0.05) is 20.8 Å². The molecule has 5 N–H and O–H groups in total. The molecule has 4 aliphatic heterocycles. The van der Waals surface area contributed by atoms with Crippen molar-refractivity contribution < 1.29 is 68.1 Å². The number of Topliss-reactive ketones (excluding diaryl/α,β-unsaturated/α-hetero) is 2. The molecule has 0 aromatic heterocycles. The molecule has 5 bridgehead atoms. The number of ether oxygens (including phenoxy) is 5. The molecule has 4 heterocycles. The number of fused-ring (bicyclic) bond motifs is 12. The lowest BCUT2D eigenvalue weighted by Gasteiger charge is -2.37. The second-order valence-electron chi connectivity index (χ2n) is 16.6. The van der Waals surface area contributed by atoms with Crippen LogP contribution < -0.4 is 10.1 Å². The number of nitrogens with one attached hydrogen (secondary N) is 1. The number of aliphatic hydroxyl groups excluding tert-OH is 3. The molecular formula is C43H54N2O14. The number of carbonyl (C=O) groups excluding carboxylic acids is 5. The summed E-state index contributed by atoms with van der Waals surface area (Å²) in [4.78, 5) is 73.1. The quantitative estimate of drug-likeness (QED) is 0.276. The van der Waals surface area contributed by atoms with Gasteiger partial charge in [-0.05, 0) is 57.8 Å². The van der Waals surface area contributed by atoms with Crippen LogP contribution in [0.15, 0.2) is 40.8 Å². The van der Waals surface area contributed by atoms with Crippen molar-refractivity contribution in [3.05, 3.63) is 58.0 Å². The van der Waals surface area contributed by atoms with E-state index in [1.54, 1.807) is 27.7 Å². The molecule has 2 fully saturated rings. The Balaban J connectivity index is 1.48. The molecule has 0 unspecified atom stereocenters. The van der Waals surface area contributed by atoms with Gasteiger partial charge in [0.15, 0.2) is 12.1 Å². The number of allylic oxidation sites excluding steroid dienone is 3. The summed E-state index contributed by atoms with van der Waals surface area (Å²) < 4.78 is 29.3. The Bertz CT molecular complexity index is 2050. The van der Waals surface area contributed by atoms with E-state index >= 15 is 0 Å². The summed E-state index contributed by atoms with van der Waals surface area (Å²) in [7, 11) is 1.42. The highest BCUT2D eigenvalue weighted by Crippen LogP contribution is 2.49. The van der Waals surface area contributed by atoms with Crippen molar-refractivity contribution in [2.75, 3.05) is 7.11 Å². The van der Waals surface area contributed by atoms with Crippen molar-refractivity contribution >= 4 is 34.9 Å². The van der Waals surface area contributed by atoms with Crippen LogP contribution in [0, 0.1) is 36.5 Å². The van der Waals surface area contributed by atoms with E-state index in [-0.39, 0.29) is 51.4 Å². The van der Waals surface area contributed by atoms with E-state index in [1.807, 2.05) is 0 Å². The predicted octanol–water partition coefficient (Wildman–Crippen LogP) is 3.14. The standard InChI is InChI=1S/C43H54N2O14/c1-17-14-29(47)24-15-25(24)36(50)19(3)35(49)20(4)39(58-23(7)46)18(2)30(55-9)12-13-56-43(8)41(53)34-32-27(44-26-10-11-31(48)57-22(26)6)16-28(45-42(17)54)38(52)33(32)37(51)21(5)40(34)59-43/h12-14,16,18-20,22,24-26,30-31,35-36,39,48-51H,10-11,15H2,1-9H3,(H,45,54)/t18-,19+,20-,22+,24+,25-,26+,30+,31+,35-,36+,39+,43-/m0/s1. The normalized spacial score (nSPS) is 37.2. The molecule has 320 valence electrons. The maximum absolute atomic E-state index is 14.5. The molecule has 2 aliphatic carbocycles. The molecule has 59 heavy (non-hydrogen) atoms. The van der Waals surface area contributed by atoms with Gasteiger partial charge in [-0.25, -0.2) is 0 Å². The van der Waals surface area contributed by atoms with E-state index in [4.69, 9.17) is 28.7 Å². The highest BCUT2D eigenvalue weighted by molar-refractivity contribution is 6.32. The van der Waals surface area contributed by atoms with Crippen molar-refractivity contribution in [1.82, 2.24) is 5.32 Å². The number of phenolic OH excluding ortho intramolecular Hbond substituents is 1. The molecule has 1 saturated carbocycles. The van der Waals surface area contributed by atoms with E-state index in [9.17, 15) is 44.4 Å². The fourth-order valence-corrected chi connectivity index (χ4v) is 8.69. The highest BCUT2D eigenvalue weighted by Gasteiger charge is 2.52. The maximum atomic E-state index is 14.5. The minimum absolute atomic E-state index is 0.0441. The predicted molar refractivity (Wildman–Crippen MR) is 209 cm³/mol. The molecule has 1 aromatic rings. The largest absolute Gasteiger partial charge is 0.507 e. The fourth-order valence-electron chi connectivity index (χ4n) is 8.69. The van der Waals surface area contributed by atoms with Crippen LogP contribution in [0.5, 0.6) is 11.5 Å². The van der Waals surface area contributed by atoms with Crippen LogP contribution in [-0.4, -0.2) is 111 Å². The number of carbonyl (C=O) groups is 5. The number of rotatable bonds is 3. The first kappa shape index (κ1) is 43.8. The van der Waals surface area contributed by atoms with E-state index in [2.05, 4.69) is 5.32 Å². The van der Waals surface area contributed by atoms with Gasteiger partial charge in [-0.2, -0.15) is 0 Å². The van der Waals surface area contributed by atoms with Gasteiger partial charge in [-0.15, -0.1) is 0 Å². The van der Waals surface area contributed by atoms with Crippen molar-refractivity contribution in [3.63, 3.8) is 0 Å². The van der Waals surface area contributed by atoms with Crippen molar-refractivity contribution in [2.24, 2.45) is 34.6 Å².